The van der Waals surface area contributed by atoms with Gasteiger partial charge in [0.05, 0.1) is 12.7 Å². The molecule has 9 nitrogen and oxygen atoms in total. The van der Waals surface area contributed by atoms with Gasteiger partial charge >= 0.3 is 5.97 Å². The van der Waals surface area contributed by atoms with E-state index in [0.29, 0.717) is 32.1 Å². The highest BCUT2D eigenvalue weighted by atomic mass is 16.7. The minimum Gasteiger partial charge on any atom is -0.481 e. The number of aliphatic hydroxyl groups excluding tert-OH is 4. The summed E-state index contributed by atoms with van der Waals surface area (Å²) in [5, 5.41) is 47.7. The van der Waals surface area contributed by atoms with Crippen molar-refractivity contribution in [2.24, 2.45) is 11.8 Å². The van der Waals surface area contributed by atoms with E-state index in [-0.39, 0.29) is 30.1 Å². The van der Waals surface area contributed by atoms with Gasteiger partial charge in [0, 0.05) is 18.8 Å². The Morgan fingerprint density at radius 3 is 2.59 bits per heavy atom. The highest BCUT2D eigenvalue weighted by Gasteiger charge is 2.44. The molecule has 0 radical (unpaired) electrons. The Morgan fingerprint density at radius 1 is 1.26 bits per heavy atom. The average Bonchev–Trinajstić information content (AvgIpc) is 2.95. The van der Waals surface area contributed by atoms with Crippen LogP contribution in [0.1, 0.15) is 45.4 Å². The average molecular weight is 390 g/mol. The van der Waals surface area contributed by atoms with E-state index in [0.717, 1.165) is 0 Å². The summed E-state index contributed by atoms with van der Waals surface area (Å²) in [6.45, 7) is 1.24. The third-order valence-electron chi connectivity index (χ3n) is 5.52. The summed E-state index contributed by atoms with van der Waals surface area (Å²) < 4.78 is 10.9. The molecule has 8 atom stereocenters. The SMILES string of the molecule is CC(CCC[C@H]1C(=O)CC[C@@H]1CC(=O)O)O[C@@H]1O[C@H](CO)[C@@H](O)C(O)C1O. The molecule has 2 rings (SSSR count). The number of hydrogen-bond acceptors (Lipinski definition) is 8. The van der Waals surface area contributed by atoms with Crippen LogP contribution in [0.4, 0.5) is 0 Å². The number of ether oxygens (including phenoxy) is 2. The van der Waals surface area contributed by atoms with E-state index in [1.807, 2.05) is 0 Å². The van der Waals surface area contributed by atoms with Crippen molar-refractivity contribution in [1.29, 1.82) is 0 Å². The molecule has 0 aromatic rings. The zero-order valence-corrected chi connectivity index (χ0v) is 15.4. The molecule has 156 valence electrons. The van der Waals surface area contributed by atoms with Crippen LogP contribution >= 0.6 is 0 Å². The lowest BCUT2D eigenvalue weighted by Gasteiger charge is -2.40. The zero-order valence-electron chi connectivity index (χ0n) is 15.4. The van der Waals surface area contributed by atoms with Crippen molar-refractivity contribution in [3.05, 3.63) is 0 Å². The fourth-order valence-corrected chi connectivity index (χ4v) is 3.94. The van der Waals surface area contributed by atoms with E-state index in [1.165, 1.54) is 0 Å². The van der Waals surface area contributed by atoms with E-state index >= 15 is 0 Å². The maximum absolute atomic E-state index is 12.0. The summed E-state index contributed by atoms with van der Waals surface area (Å²) in [6.07, 6.45) is -4.08. The van der Waals surface area contributed by atoms with E-state index < -0.39 is 43.3 Å². The van der Waals surface area contributed by atoms with Gasteiger partial charge in [0.2, 0.25) is 0 Å². The number of hydrogen-bond donors (Lipinski definition) is 5. The fourth-order valence-electron chi connectivity index (χ4n) is 3.94. The molecule has 1 aliphatic heterocycles. The van der Waals surface area contributed by atoms with Crippen LogP contribution in [-0.2, 0) is 19.1 Å². The summed E-state index contributed by atoms with van der Waals surface area (Å²) >= 11 is 0. The maximum atomic E-state index is 12.0. The Bertz CT molecular complexity index is 509. The third kappa shape index (κ3) is 5.69. The van der Waals surface area contributed by atoms with Crippen molar-refractivity contribution in [3.8, 4) is 0 Å². The molecule has 2 aliphatic rings. The van der Waals surface area contributed by atoms with Crippen LogP contribution in [0.3, 0.4) is 0 Å². The molecule has 0 aromatic carbocycles. The number of rotatable bonds is 9. The minimum atomic E-state index is -1.49. The van der Waals surface area contributed by atoms with Crippen LogP contribution in [-0.4, -0.2) is 80.7 Å². The second-order valence-electron chi connectivity index (χ2n) is 7.54. The number of aliphatic carboxylic acids is 1. The van der Waals surface area contributed by atoms with Crippen LogP contribution < -0.4 is 0 Å². The Hall–Kier alpha value is -1.10. The molecule has 1 aliphatic carbocycles. The van der Waals surface area contributed by atoms with Gasteiger partial charge in [0.25, 0.3) is 0 Å². The van der Waals surface area contributed by atoms with Crippen LogP contribution in [0.15, 0.2) is 0 Å². The molecule has 27 heavy (non-hydrogen) atoms. The fraction of sp³-hybridized carbons (Fsp3) is 0.889. The number of carbonyl (C=O) groups is 2. The van der Waals surface area contributed by atoms with Gasteiger partial charge in [-0.3, -0.25) is 9.59 Å². The van der Waals surface area contributed by atoms with Crippen molar-refractivity contribution in [1.82, 2.24) is 0 Å². The van der Waals surface area contributed by atoms with E-state index in [9.17, 15) is 30.0 Å². The molecule has 1 saturated heterocycles. The Morgan fingerprint density at radius 2 is 1.96 bits per heavy atom. The van der Waals surface area contributed by atoms with Crippen molar-refractivity contribution < 1.29 is 44.6 Å². The van der Waals surface area contributed by atoms with Crippen LogP contribution in [0.5, 0.6) is 0 Å². The molecule has 0 spiro atoms. The van der Waals surface area contributed by atoms with Crippen LogP contribution in [0.25, 0.3) is 0 Å². The summed E-state index contributed by atoms with van der Waals surface area (Å²) in [7, 11) is 0. The lowest BCUT2D eigenvalue weighted by Crippen LogP contribution is -2.59. The lowest BCUT2D eigenvalue weighted by molar-refractivity contribution is -0.310. The van der Waals surface area contributed by atoms with Crippen molar-refractivity contribution >= 4 is 11.8 Å². The Kier molecular flexibility index (Phi) is 8.14. The zero-order chi connectivity index (χ0) is 20.1. The molecule has 2 fully saturated rings. The Balaban J connectivity index is 1.79. The highest BCUT2D eigenvalue weighted by molar-refractivity contribution is 5.84. The molecule has 1 heterocycles. The number of carbonyl (C=O) groups excluding carboxylic acids is 1. The van der Waals surface area contributed by atoms with E-state index in [2.05, 4.69) is 0 Å². The minimum absolute atomic E-state index is 0.00727. The van der Waals surface area contributed by atoms with Gasteiger partial charge in [-0.15, -0.1) is 0 Å². The molecular formula is C18H30O9. The number of aliphatic hydroxyl groups is 4. The lowest BCUT2D eigenvalue weighted by atomic mass is 9.88. The molecule has 0 aromatic heterocycles. The monoisotopic (exact) mass is 390 g/mol. The quantitative estimate of drug-likeness (QED) is 0.348. The van der Waals surface area contributed by atoms with Crippen molar-refractivity contribution in [3.63, 3.8) is 0 Å². The molecule has 0 bridgehead atoms. The number of Topliss-reactive ketones (excluding diaryl/α,β-unsaturated/α-hetero) is 1. The van der Waals surface area contributed by atoms with Gasteiger partial charge in [0.1, 0.15) is 30.2 Å². The van der Waals surface area contributed by atoms with Gasteiger partial charge in [-0.25, -0.2) is 0 Å². The second kappa shape index (κ2) is 9.90. The van der Waals surface area contributed by atoms with Crippen molar-refractivity contribution in [2.45, 2.75) is 82.3 Å². The maximum Gasteiger partial charge on any atom is 0.303 e. The van der Waals surface area contributed by atoms with E-state index in [4.69, 9.17) is 14.6 Å². The summed E-state index contributed by atoms with van der Waals surface area (Å²) in [5.74, 6) is -1.12. The molecule has 9 heteroatoms. The second-order valence-corrected chi connectivity index (χ2v) is 7.54. The van der Waals surface area contributed by atoms with E-state index in [1.54, 1.807) is 6.92 Å². The van der Waals surface area contributed by atoms with Gasteiger partial charge in [-0.1, -0.05) is 6.42 Å². The molecule has 1 saturated carbocycles. The summed E-state index contributed by atoms with van der Waals surface area (Å²) in [5.41, 5.74) is 0. The largest absolute Gasteiger partial charge is 0.481 e. The Labute approximate surface area is 157 Å². The van der Waals surface area contributed by atoms with Crippen LogP contribution in [0, 0.1) is 11.8 Å². The molecular weight excluding hydrogens is 360 g/mol. The number of ketones is 1. The smallest absolute Gasteiger partial charge is 0.303 e. The summed E-state index contributed by atoms with van der Waals surface area (Å²) in [4.78, 5) is 22.9. The van der Waals surface area contributed by atoms with Gasteiger partial charge in [-0.05, 0) is 32.1 Å². The van der Waals surface area contributed by atoms with Crippen molar-refractivity contribution in [2.75, 3.05) is 6.61 Å². The first-order chi connectivity index (χ1) is 12.7. The molecule has 5 N–H and O–H groups in total. The first kappa shape index (κ1) is 22.2. The van der Waals surface area contributed by atoms with Gasteiger partial charge < -0.3 is 35.0 Å². The first-order valence-electron chi connectivity index (χ1n) is 9.45. The standard InChI is InChI=1S/C18H30O9/c1-9(26-18-17(25)16(24)15(23)13(8-19)27-18)3-2-4-11-10(7-14(21)22)5-6-12(11)20/h9-11,13,15-19,23-25H,2-8H2,1H3,(H,21,22)/t9?,10-,11-,13-,15-,16?,17?,18-/m1/s1. The topological polar surface area (TPSA) is 154 Å². The normalized spacial score (nSPS) is 38.1. The molecule has 0 amide bonds. The molecule has 3 unspecified atom stereocenters. The number of carboxylic acid groups (broad SMARTS) is 1. The third-order valence-corrected chi connectivity index (χ3v) is 5.52. The predicted octanol–water partition coefficient (Wildman–Crippen LogP) is -0.568. The highest BCUT2D eigenvalue weighted by Crippen LogP contribution is 2.35. The van der Waals surface area contributed by atoms with Crippen LogP contribution in [0.2, 0.25) is 0 Å². The predicted molar refractivity (Wildman–Crippen MR) is 91.6 cm³/mol. The van der Waals surface area contributed by atoms with Gasteiger partial charge in [0.15, 0.2) is 6.29 Å². The summed E-state index contributed by atoms with van der Waals surface area (Å²) in [6, 6.07) is 0. The van der Waals surface area contributed by atoms with Gasteiger partial charge in [-0.2, -0.15) is 0 Å². The number of carboxylic acids is 1. The first-order valence-corrected chi connectivity index (χ1v) is 9.45.